The predicted octanol–water partition coefficient (Wildman–Crippen LogP) is 2.87. The first-order chi connectivity index (χ1) is 8.28. The summed E-state index contributed by atoms with van der Waals surface area (Å²) >= 11 is 3.43. The number of halogens is 1. The summed E-state index contributed by atoms with van der Waals surface area (Å²) in [5.74, 6) is 0. The Labute approximate surface area is 110 Å². The molecule has 1 saturated heterocycles. The first kappa shape index (κ1) is 12.4. The SMILES string of the molecule is N#Cc1cc(Br)cc(NC2CCCNCC2)c1. The molecule has 4 heteroatoms. The lowest BCUT2D eigenvalue weighted by molar-refractivity contribution is 0.637. The molecular weight excluding hydrogens is 278 g/mol. The maximum absolute atomic E-state index is 8.93. The standard InChI is InChI=1S/C13H16BrN3/c14-11-6-10(9-15)7-13(8-11)17-12-2-1-4-16-5-3-12/h6-8,12,16-17H,1-5H2. The first-order valence-corrected chi connectivity index (χ1v) is 6.75. The molecule has 1 aromatic carbocycles. The van der Waals surface area contributed by atoms with Crippen molar-refractivity contribution in [2.75, 3.05) is 18.4 Å². The molecule has 1 unspecified atom stereocenters. The number of hydrogen-bond donors (Lipinski definition) is 2. The van der Waals surface area contributed by atoms with Crippen LogP contribution in [0.15, 0.2) is 22.7 Å². The van der Waals surface area contributed by atoms with Gasteiger partial charge in [0, 0.05) is 16.2 Å². The van der Waals surface area contributed by atoms with E-state index >= 15 is 0 Å². The van der Waals surface area contributed by atoms with Crippen LogP contribution in [0.1, 0.15) is 24.8 Å². The summed E-state index contributed by atoms with van der Waals surface area (Å²) in [7, 11) is 0. The van der Waals surface area contributed by atoms with Crippen LogP contribution in [0.25, 0.3) is 0 Å². The molecule has 2 N–H and O–H groups in total. The van der Waals surface area contributed by atoms with Gasteiger partial charge < -0.3 is 10.6 Å². The fourth-order valence-corrected chi connectivity index (χ4v) is 2.63. The molecule has 0 spiro atoms. The van der Waals surface area contributed by atoms with E-state index in [0.29, 0.717) is 11.6 Å². The Morgan fingerprint density at radius 3 is 3.00 bits per heavy atom. The Morgan fingerprint density at radius 1 is 1.29 bits per heavy atom. The number of anilines is 1. The Balaban J connectivity index is 2.06. The highest BCUT2D eigenvalue weighted by Crippen LogP contribution is 2.21. The van der Waals surface area contributed by atoms with Crippen LogP contribution in [0.4, 0.5) is 5.69 Å². The largest absolute Gasteiger partial charge is 0.382 e. The lowest BCUT2D eigenvalue weighted by atomic mass is 10.1. The van der Waals surface area contributed by atoms with Gasteiger partial charge in [-0.2, -0.15) is 5.26 Å². The van der Waals surface area contributed by atoms with E-state index in [1.54, 1.807) is 0 Å². The van der Waals surface area contributed by atoms with Gasteiger partial charge in [-0.3, -0.25) is 0 Å². The lowest BCUT2D eigenvalue weighted by Crippen LogP contribution is -2.21. The van der Waals surface area contributed by atoms with Crippen molar-refractivity contribution in [3.63, 3.8) is 0 Å². The van der Waals surface area contributed by atoms with Crippen LogP contribution in [-0.2, 0) is 0 Å². The molecule has 90 valence electrons. The fourth-order valence-electron chi connectivity index (χ4n) is 2.14. The van der Waals surface area contributed by atoms with Gasteiger partial charge in [0.2, 0.25) is 0 Å². The van der Waals surface area contributed by atoms with Crippen LogP contribution in [-0.4, -0.2) is 19.1 Å². The molecule has 1 aliphatic rings. The Bertz CT molecular complexity index is 417. The normalized spacial score (nSPS) is 20.4. The Kier molecular flexibility index (Phi) is 4.41. The molecule has 1 aromatic rings. The molecule has 1 aliphatic heterocycles. The second-order valence-electron chi connectivity index (χ2n) is 4.36. The molecule has 1 fully saturated rings. The summed E-state index contributed by atoms with van der Waals surface area (Å²) in [6, 6.07) is 8.45. The van der Waals surface area contributed by atoms with E-state index < -0.39 is 0 Å². The summed E-state index contributed by atoms with van der Waals surface area (Å²) in [5.41, 5.74) is 1.72. The first-order valence-electron chi connectivity index (χ1n) is 5.96. The van der Waals surface area contributed by atoms with Crippen LogP contribution in [0.2, 0.25) is 0 Å². The third-order valence-corrected chi connectivity index (χ3v) is 3.43. The molecule has 1 atom stereocenters. The van der Waals surface area contributed by atoms with Gasteiger partial charge in [-0.05, 0) is 50.6 Å². The molecule has 2 rings (SSSR count). The molecule has 0 radical (unpaired) electrons. The van der Waals surface area contributed by atoms with Gasteiger partial charge >= 0.3 is 0 Å². The van der Waals surface area contributed by atoms with Crippen LogP contribution < -0.4 is 10.6 Å². The average Bonchev–Trinajstić information content (AvgIpc) is 2.57. The van der Waals surface area contributed by atoms with Gasteiger partial charge in [-0.1, -0.05) is 15.9 Å². The summed E-state index contributed by atoms with van der Waals surface area (Å²) in [6.45, 7) is 2.18. The van der Waals surface area contributed by atoms with Crippen molar-refractivity contribution >= 4 is 21.6 Å². The van der Waals surface area contributed by atoms with Gasteiger partial charge in [0.25, 0.3) is 0 Å². The van der Waals surface area contributed by atoms with Crippen molar-refractivity contribution in [3.8, 4) is 6.07 Å². The molecule has 1 heterocycles. The quantitative estimate of drug-likeness (QED) is 0.881. The smallest absolute Gasteiger partial charge is 0.0992 e. The van der Waals surface area contributed by atoms with E-state index in [1.165, 1.54) is 12.8 Å². The van der Waals surface area contributed by atoms with Crippen LogP contribution in [0, 0.1) is 11.3 Å². The maximum atomic E-state index is 8.93. The minimum atomic E-state index is 0.505. The molecule has 0 amide bonds. The number of rotatable bonds is 2. The van der Waals surface area contributed by atoms with E-state index in [2.05, 4.69) is 32.6 Å². The molecule has 0 aliphatic carbocycles. The zero-order valence-corrected chi connectivity index (χ0v) is 11.3. The van der Waals surface area contributed by atoms with E-state index in [1.807, 2.05) is 18.2 Å². The summed E-state index contributed by atoms with van der Waals surface area (Å²) in [6.07, 6.45) is 3.52. The van der Waals surface area contributed by atoms with Crippen molar-refractivity contribution in [2.45, 2.75) is 25.3 Å². The monoisotopic (exact) mass is 293 g/mol. The van der Waals surface area contributed by atoms with E-state index in [-0.39, 0.29) is 0 Å². The lowest BCUT2D eigenvalue weighted by Gasteiger charge is -2.17. The highest BCUT2D eigenvalue weighted by atomic mass is 79.9. The minimum Gasteiger partial charge on any atom is -0.382 e. The van der Waals surface area contributed by atoms with Gasteiger partial charge in [0.05, 0.1) is 11.6 Å². The van der Waals surface area contributed by atoms with Crippen LogP contribution in [0.3, 0.4) is 0 Å². The van der Waals surface area contributed by atoms with Crippen molar-refractivity contribution < 1.29 is 0 Å². The van der Waals surface area contributed by atoms with Gasteiger partial charge in [-0.15, -0.1) is 0 Å². The fraction of sp³-hybridized carbons (Fsp3) is 0.462. The molecule has 0 bridgehead atoms. The maximum Gasteiger partial charge on any atom is 0.0992 e. The third kappa shape index (κ3) is 3.72. The Morgan fingerprint density at radius 2 is 2.18 bits per heavy atom. The molecular formula is C13H16BrN3. The highest BCUT2D eigenvalue weighted by Gasteiger charge is 2.11. The summed E-state index contributed by atoms with van der Waals surface area (Å²) in [5, 5.41) is 15.8. The zero-order chi connectivity index (χ0) is 12.1. The zero-order valence-electron chi connectivity index (χ0n) is 9.67. The van der Waals surface area contributed by atoms with Crippen LogP contribution in [0.5, 0.6) is 0 Å². The molecule has 17 heavy (non-hydrogen) atoms. The minimum absolute atomic E-state index is 0.505. The number of nitriles is 1. The molecule has 3 nitrogen and oxygen atoms in total. The Hall–Kier alpha value is -1.05. The summed E-state index contributed by atoms with van der Waals surface area (Å²) < 4.78 is 0.950. The number of nitrogens with zero attached hydrogens (tertiary/aromatic N) is 1. The highest BCUT2D eigenvalue weighted by molar-refractivity contribution is 9.10. The van der Waals surface area contributed by atoms with Crippen molar-refractivity contribution in [1.82, 2.24) is 5.32 Å². The van der Waals surface area contributed by atoms with Gasteiger partial charge in [0.1, 0.15) is 0 Å². The van der Waals surface area contributed by atoms with Crippen molar-refractivity contribution in [2.24, 2.45) is 0 Å². The second-order valence-corrected chi connectivity index (χ2v) is 5.28. The molecule has 0 saturated carbocycles. The summed E-state index contributed by atoms with van der Waals surface area (Å²) in [4.78, 5) is 0. The third-order valence-electron chi connectivity index (χ3n) is 2.97. The average molecular weight is 294 g/mol. The van der Waals surface area contributed by atoms with Gasteiger partial charge in [0.15, 0.2) is 0 Å². The number of benzene rings is 1. The van der Waals surface area contributed by atoms with Crippen molar-refractivity contribution in [3.05, 3.63) is 28.2 Å². The van der Waals surface area contributed by atoms with Crippen LogP contribution >= 0.6 is 15.9 Å². The predicted molar refractivity (Wildman–Crippen MR) is 73.0 cm³/mol. The van der Waals surface area contributed by atoms with Gasteiger partial charge in [-0.25, -0.2) is 0 Å². The topological polar surface area (TPSA) is 47.9 Å². The number of hydrogen-bond acceptors (Lipinski definition) is 3. The number of nitrogens with one attached hydrogen (secondary N) is 2. The van der Waals surface area contributed by atoms with E-state index in [0.717, 1.165) is 29.7 Å². The van der Waals surface area contributed by atoms with Crippen molar-refractivity contribution in [1.29, 1.82) is 5.26 Å². The second kappa shape index (κ2) is 6.04. The molecule has 0 aromatic heterocycles. The van der Waals surface area contributed by atoms with E-state index in [4.69, 9.17) is 5.26 Å². The van der Waals surface area contributed by atoms with E-state index in [9.17, 15) is 0 Å².